The summed E-state index contributed by atoms with van der Waals surface area (Å²) in [4.78, 5) is 8.08. The lowest BCUT2D eigenvalue weighted by Gasteiger charge is -2.05. The number of hydrogen-bond acceptors (Lipinski definition) is 4. The number of alkyl halides is 1. The number of ether oxygens (including phenoxy) is 1. The van der Waals surface area contributed by atoms with Gasteiger partial charge in [0, 0.05) is 24.2 Å². The van der Waals surface area contributed by atoms with E-state index >= 15 is 0 Å². The molecule has 0 unspecified atom stereocenters. The standard InChI is InChI=1S/C21H18FN3O/c22-14-19-18(11-12-20(23)25-19)5-3-4-16-7-9-17(10-8-16)15-26-21-6-1-2-13-24-21/h1-2,6-13H,4,14-15H2,(H2,23,25). The zero-order valence-electron chi connectivity index (χ0n) is 14.2. The maximum absolute atomic E-state index is 13.0. The van der Waals surface area contributed by atoms with Crippen molar-refractivity contribution >= 4 is 5.82 Å². The lowest BCUT2D eigenvalue weighted by atomic mass is 10.1. The minimum absolute atomic E-state index is 0.277. The number of nitrogen functional groups attached to an aromatic ring is 1. The number of benzene rings is 1. The fourth-order valence-corrected chi connectivity index (χ4v) is 2.32. The number of aromatic nitrogens is 2. The van der Waals surface area contributed by atoms with Crippen molar-refractivity contribution in [2.75, 3.05) is 5.73 Å². The van der Waals surface area contributed by atoms with Crippen LogP contribution in [0.15, 0.2) is 60.8 Å². The average molecular weight is 347 g/mol. The van der Waals surface area contributed by atoms with E-state index in [1.54, 1.807) is 18.3 Å². The highest BCUT2D eigenvalue weighted by Gasteiger charge is 2.02. The van der Waals surface area contributed by atoms with Crippen LogP contribution in [0.1, 0.15) is 22.4 Å². The normalized spacial score (nSPS) is 10.0. The van der Waals surface area contributed by atoms with Crippen molar-refractivity contribution in [1.29, 1.82) is 0 Å². The molecule has 2 N–H and O–H groups in total. The molecule has 0 aliphatic carbocycles. The van der Waals surface area contributed by atoms with Crippen LogP contribution in [0.4, 0.5) is 10.2 Å². The van der Waals surface area contributed by atoms with Gasteiger partial charge in [0.25, 0.3) is 0 Å². The van der Waals surface area contributed by atoms with E-state index in [4.69, 9.17) is 10.5 Å². The molecule has 0 aliphatic rings. The Morgan fingerprint density at radius 3 is 2.54 bits per heavy atom. The lowest BCUT2D eigenvalue weighted by molar-refractivity contribution is 0.294. The van der Waals surface area contributed by atoms with E-state index in [2.05, 4.69) is 21.8 Å². The van der Waals surface area contributed by atoms with E-state index in [1.165, 1.54) is 0 Å². The van der Waals surface area contributed by atoms with Gasteiger partial charge in [0.05, 0.1) is 5.69 Å². The minimum Gasteiger partial charge on any atom is -0.473 e. The van der Waals surface area contributed by atoms with Crippen molar-refractivity contribution in [2.45, 2.75) is 19.7 Å². The van der Waals surface area contributed by atoms with Crippen LogP contribution in [0, 0.1) is 11.8 Å². The third kappa shape index (κ3) is 4.81. The molecule has 0 saturated heterocycles. The Hall–Kier alpha value is -3.39. The van der Waals surface area contributed by atoms with E-state index < -0.39 is 6.67 Å². The van der Waals surface area contributed by atoms with Crippen LogP contribution in [-0.2, 0) is 19.7 Å². The highest BCUT2D eigenvalue weighted by atomic mass is 19.1. The third-order valence-corrected chi connectivity index (χ3v) is 3.69. The molecule has 0 radical (unpaired) electrons. The van der Waals surface area contributed by atoms with Gasteiger partial charge >= 0.3 is 0 Å². The first kappa shape index (κ1) is 17.4. The fourth-order valence-electron chi connectivity index (χ4n) is 2.32. The number of hydrogen-bond donors (Lipinski definition) is 1. The van der Waals surface area contributed by atoms with Crippen LogP contribution in [-0.4, -0.2) is 9.97 Å². The second kappa shape index (κ2) is 8.63. The van der Waals surface area contributed by atoms with Gasteiger partial charge in [-0.2, -0.15) is 0 Å². The lowest BCUT2D eigenvalue weighted by Crippen LogP contribution is -1.97. The van der Waals surface area contributed by atoms with Crippen molar-refractivity contribution in [2.24, 2.45) is 0 Å². The van der Waals surface area contributed by atoms with Gasteiger partial charge in [-0.3, -0.25) is 0 Å². The monoisotopic (exact) mass is 347 g/mol. The van der Waals surface area contributed by atoms with Gasteiger partial charge in [-0.05, 0) is 29.3 Å². The first-order valence-electron chi connectivity index (χ1n) is 8.16. The molecule has 0 saturated carbocycles. The summed E-state index contributed by atoms with van der Waals surface area (Å²) in [6, 6.07) is 16.9. The average Bonchev–Trinajstić information content (AvgIpc) is 2.69. The smallest absolute Gasteiger partial charge is 0.213 e. The Morgan fingerprint density at radius 1 is 1.00 bits per heavy atom. The first-order chi connectivity index (χ1) is 12.7. The Bertz CT molecular complexity index is 915. The van der Waals surface area contributed by atoms with E-state index in [0.717, 1.165) is 11.1 Å². The molecule has 0 aliphatic heterocycles. The van der Waals surface area contributed by atoms with E-state index in [-0.39, 0.29) is 5.69 Å². The van der Waals surface area contributed by atoms with Crippen LogP contribution < -0.4 is 10.5 Å². The molecule has 1 aromatic carbocycles. The van der Waals surface area contributed by atoms with Crippen molar-refractivity contribution < 1.29 is 9.13 Å². The summed E-state index contributed by atoms with van der Waals surface area (Å²) in [7, 11) is 0. The summed E-state index contributed by atoms with van der Waals surface area (Å²) in [5, 5.41) is 0. The Kier molecular flexibility index (Phi) is 5.79. The van der Waals surface area contributed by atoms with Gasteiger partial charge in [-0.25, -0.2) is 14.4 Å². The molecule has 130 valence electrons. The van der Waals surface area contributed by atoms with Crippen molar-refractivity contribution in [3.05, 3.63) is 83.2 Å². The van der Waals surface area contributed by atoms with Crippen LogP contribution >= 0.6 is 0 Å². The number of rotatable bonds is 5. The van der Waals surface area contributed by atoms with Gasteiger partial charge in [0.1, 0.15) is 19.1 Å². The Morgan fingerprint density at radius 2 is 1.81 bits per heavy atom. The van der Waals surface area contributed by atoms with Crippen LogP contribution in [0.25, 0.3) is 0 Å². The number of halogens is 1. The second-order valence-electron chi connectivity index (χ2n) is 5.62. The van der Waals surface area contributed by atoms with Crippen molar-refractivity contribution in [3.63, 3.8) is 0 Å². The van der Waals surface area contributed by atoms with Gasteiger partial charge in [0.15, 0.2) is 0 Å². The molecular weight excluding hydrogens is 329 g/mol. The number of pyridine rings is 2. The fraction of sp³-hybridized carbons (Fsp3) is 0.143. The molecule has 26 heavy (non-hydrogen) atoms. The topological polar surface area (TPSA) is 61.0 Å². The number of nitrogens with two attached hydrogens (primary N) is 1. The Labute approximate surface area is 151 Å². The molecule has 0 bridgehead atoms. The number of nitrogens with zero attached hydrogens (tertiary/aromatic N) is 2. The third-order valence-electron chi connectivity index (χ3n) is 3.69. The molecule has 3 aromatic rings. The maximum atomic E-state index is 13.0. The predicted octanol–water partition coefficient (Wildman–Crippen LogP) is 3.70. The highest BCUT2D eigenvalue weighted by Crippen LogP contribution is 2.11. The summed E-state index contributed by atoms with van der Waals surface area (Å²) < 4.78 is 18.6. The van der Waals surface area contributed by atoms with E-state index in [1.807, 2.05) is 42.5 Å². The summed E-state index contributed by atoms with van der Waals surface area (Å²) >= 11 is 0. The SMILES string of the molecule is Nc1ccc(C#CCc2ccc(COc3ccccn3)cc2)c(CF)n1. The predicted molar refractivity (Wildman–Crippen MR) is 99.1 cm³/mol. The summed E-state index contributed by atoms with van der Waals surface area (Å²) in [5.74, 6) is 6.91. The van der Waals surface area contributed by atoms with E-state index in [0.29, 0.717) is 30.3 Å². The minimum atomic E-state index is -0.681. The molecule has 0 spiro atoms. The molecule has 3 rings (SSSR count). The summed E-state index contributed by atoms with van der Waals surface area (Å²) in [6.45, 7) is -0.222. The molecule has 0 atom stereocenters. The zero-order chi connectivity index (χ0) is 18.2. The Balaban J connectivity index is 1.58. The second-order valence-corrected chi connectivity index (χ2v) is 5.62. The molecule has 0 fully saturated rings. The molecule has 0 amide bonds. The van der Waals surface area contributed by atoms with Crippen molar-refractivity contribution in [1.82, 2.24) is 9.97 Å². The summed E-state index contributed by atoms with van der Waals surface area (Å²) in [5.41, 5.74) is 8.53. The maximum Gasteiger partial charge on any atom is 0.213 e. The molecular formula is C21H18FN3O. The van der Waals surface area contributed by atoms with Gasteiger partial charge in [0.2, 0.25) is 5.88 Å². The highest BCUT2D eigenvalue weighted by molar-refractivity contribution is 5.43. The molecule has 2 heterocycles. The first-order valence-corrected chi connectivity index (χ1v) is 8.16. The van der Waals surface area contributed by atoms with Gasteiger partial charge in [-0.1, -0.05) is 42.2 Å². The molecule has 4 nitrogen and oxygen atoms in total. The van der Waals surface area contributed by atoms with Crippen LogP contribution in [0.5, 0.6) is 5.88 Å². The van der Waals surface area contributed by atoms with Gasteiger partial charge < -0.3 is 10.5 Å². The van der Waals surface area contributed by atoms with Crippen molar-refractivity contribution in [3.8, 4) is 17.7 Å². The van der Waals surface area contributed by atoms with Gasteiger partial charge in [-0.15, -0.1) is 0 Å². The van der Waals surface area contributed by atoms with Crippen LogP contribution in [0.2, 0.25) is 0 Å². The van der Waals surface area contributed by atoms with Crippen LogP contribution in [0.3, 0.4) is 0 Å². The molecule has 5 heteroatoms. The quantitative estimate of drug-likeness (QED) is 0.715. The number of anilines is 1. The summed E-state index contributed by atoms with van der Waals surface area (Å²) in [6.07, 6.45) is 2.26. The zero-order valence-corrected chi connectivity index (χ0v) is 14.2. The van der Waals surface area contributed by atoms with E-state index in [9.17, 15) is 4.39 Å². The molecule has 2 aromatic heterocycles. The largest absolute Gasteiger partial charge is 0.473 e.